The Balaban J connectivity index is 3.01. The van der Waals surface area contributed by atoms with E-state index in [9.17, 15) is 22.4 Å². The summed E-state index contributed by atoms with van der Waals surface area (Å²) in [6, 6.07) is 4.77. The average Bonchev–Trinajstić information content (AvgIpc) is 2.57. The van der Waals surface area contributed by atoms with E-state index in [-0.39, 0.29) is 24.9 Å². The number of carbonyl (C=O) groups is 2. The number of carbonyl (C=O) groups excluding carboxylic acids is 2. The van der Waals surface area contributed by atoms with Gasteiger partial charge >= 0.3 is 0 Å². The smallest absolute Gasteiger partial charge is 0.242 e. The molecule has 1 aromatic rings. The van der Waals surface area contributed by atoms with Gasteiger partial charge in [-0.2, -0.15) is 4.31 Å². The first kappa shape index (κ1) is 23.0. The Bertz CT molecular complexity index is 750. The number of hydrogen-bond acceptors (Lipinski definition) is 4. The third-order valence-corrected chi connectivity index (χ3v) is 5.30. The number of hydrogen-bond donors (Lipinski definition) is 1. The van der Waals surface area contributed by atoms with E-state index >= 15 is 0 Å². The van der Waals surface area contributed by atoms with Crippen molar-refractivity contribution < 1.29 is 22.4 Å². The zero-order valence-electron chi connectivity index (χ0n) is 16.4. The monoisotopic (exact) mass is 401 g/mol. The highest BCUT2D eigenvalue weighted by molar-refractivity contribution is 7.88. The predicted molar refractivity (Wildman–Crippen MR) is 102 cm³/mol. The fraction of sp³-hybridized carbons (Fsp3) is 0.556. The third-order valence-electron chi connectivity index (χ3n) is 4.04. The van der Waals surface area contributed by atoms with E-state index < -0.39 is 27.8 Å². The molecule has 1 rings (SSSR count). The molecule has 0 aromatic heterocycles. The molecule has 0 saturated heterocycles. The summed E-state index contributed by atoms with van der Waals surface area (Å²) < 4.78 is 37.3. The number of rotatable bonds is 9. The van der Waals surface area contributed by atoms with E-state index in [1.54, 1.807) is 6.92 Å². The Kier molecular flexibility index (Phi) is 8.36. The average molecular weight is 402 g/mol. The van der Waals surface area contributed by atoms with E-state index in [1.165, 1.54) is 36.2 Å². The molecule has 1 unspecified atom stereocenters. The van der Waals surface area contributed by atoms with E-state index in [0.717, 1.165) is 10.6 Å². The van der Waals surface area contributed by atoms with Crippen molar-refractivity contribution in [1.29, 1.82) is 0 Å². The van der Waals surface area contributed by atoms with Crippen LogP contribution in [0.3, 0.4) is 0 Å². The van der Waals surface area contributed by atoms with Gasteiger partial charge in [0.15, 0.2) is 0 Å². The molecule has 0 bridgehead atoms. The third kappa shape index (κ3) is 7.64. The van der Waals surface area contributed by atoms with E-state index in [4.69, 9.17) is 0 Å². The fourth-order valence-corrected chi connectivity index (χ4v) is 2.57. The lowest BCUT2D eigenvalue weighted by Crippen LogP contribution is -2.51. The summed E-state index contributed by atoms with van der Waals surface area (Å²) in [5.74, 6) is -1.00. The first-order chi connectivity index (χ1) is 12.4. The van der Waals surface area contributed by atoms with Gasteiger partial charge in [0.2, 0.25) is 21.8 Å². The van der Waals surface area contributed by atoms with Gasteiger partial charge < -0.3 is 10.2 Å². The van der Waals surface area contributed by atoms with Gasteiger partial charge in [-0.3, -0.25) is 9.59 Å². The van der Waals surface area contributed by atoms with Gasteiger partial charge in [-0.1, -0.05) is 26.0 Å². The minimum absolute atomic E-state index is 0.0625. The fourth-order valence-electron chi connectivity index (χ4n) is 2.22. The molecule has 0 fully saturated rings. The van der Waals surface area contributed by atoms with Gasteiger partial charge in [-0.05, 0) is 30.5 Å². The zero-order chi connectivity index (χ0) is 20.8. The minimum Gasteiger partial charge on any atom is -0.354 e. The summed E-state index contributed by atoms with van der Waals surface area (Å²) in [5.41, 5.74) is 0.635. The van der Waals surface area contributed by atoms with Gasteiger partial charge in [0.25, 0.3) is 0 Å². The number of nitrogens with zero attached hydrogens (tertiary/aromatic N) is 2. The maximum absolute atomic E-state index is 13.1. The molecule has 0 heterocycles. The Morgan fingerprint density at radius 2 is 1.70 bits per heavy atom. The normalized spacial score (nSPS) is 12.9. The van der Waals surface area contributed by atoms with Crippen LogP contribution in [0, 0.1) is 11.7 Å². The topological polar surface area (TPSA) is 86.8 Å². The zero-order valence-corrected chi connectivity index (χ0v) is 17.2. The molecular weight excluding hydrogens is 373 g/mol. The van der Waals surface area contributed by atoms with Gasteiger partial charge in [-0.15, -0.1) is 0 Å². The second-order valence-electron chi connectivity index (χ2n) is 6.98. The molecule has 1 atom stereocenters. The van der Waals surface area contributed by atoms with Crippen LogP contribution in [0.15, 0.2) is 24.3 Å². The van der Waals surface area contributed by atoms with Crippen LogP contribution in [0.25, 0.3) is 0 Å². The van der Waals surface area contributed by atoms with Crippen molar-refractivity contribution in [2.24, 2.45) is 5.92 Å². The maximum Gasteiger partial charge on any atom is 0.242 e. The summed E-state index contributed by atoms with van der Waals surface area (Å²) in [6.45, 7) is 5.62. The summed E-state index contributed by atoms with van der Waals surface area (Å²) in [6.07, 6.45) is 1.00. The van der Waals surface area contributed by atoms with Crippen molar-refractivity contribution in [3.05, 3.63) is 35.6 Å². The van der Waals surface area contributed by atoms with Crippen LogP contribution in [0.1, 0.15) is 26.3 Å². The van der Waals surface area contributed by atoms with Crippen molar-refractivity contribution >= 4 is 21.8 Å². The SMILES string of the molecule is CC(C)CNC(=O)C(C)N(Cc1ccc(F)cc1)C(=O)CN(C)S(C)(=O)=O. The van der Waals surface area contributed by atoms with Crippen molar-refractivity contribution in [3.8, 4) is 0 Å². The first-order valence-corrected chi connectivity index (χ1v) is 10.5. The largest absolute Gasteiger partial charge is 0.354 e. The Labute approximate surface area is 160 Å². The molecule has 1 aromatic carbocycles. The molecule has 152 valence electrons. The standard InChI is InChI=1S/C18H28FN3O4S/c1-13(2)10-20-18(24)14(3)22(11-15-6-8-16(19)9-7-15)17(23)12-21(4)27(5,25)26/h6-9,13-14H,10-12H2,1-5H3,(H,20,24). The molecule has 0 aliphatic heterocycles. The number of halogens is 1. The second-order valence-corrected chi connectivity index (χ2v) is 9.07. The molecule has 1 N–H and O–H groups in total. The molecule has 27 heavy (non-hydrogen) atoms. The molecule has 9 heteroatoms. The van der Waals surface area contributed by atoms with Gasteiger partial charge in [-0.25, -0.2) is 12.8 Å². The van der Waals surface area contributed by atoms with Crippen molar-refractivity contribution in [2.75, 3.05) is 26.4 Å². The number of nitrogens with one attached hydrogen (secondary N) is 1. The summed E-state index contributed by atoms with van der Waals surface area (Å²) in [5, 5.41) is 2.77. The minimum atomic E-state index is -3.54. The molecule has 0 radical (unpaired) electrons. The van der Waals surface area contributed by atoms with Crippen LogP contribution in [0.5, 0.6) is 0 Å². The molecule has 0 aliphatic carbocycles. The van der Waals surface area contributed by atoms with E-state index in [2.05, 4.69) is 5.32 Å². The lowest BCUT2D eigenvalue weighted by Gasteiger charge is -2.30. The Morgan fingerprint density at radius 3 is 2.19 bits per heavy atom. The van der Waals surface area contributed by atoms with Crippen LogP contribution in [0.2, 0.25) is 0 Å². The first-order valence-electron chi connectivity index (χ1n) is 8.64. The highest BCUT2D eigenvalue weighted by atomic mass is 32.2. The van der Waals surface area contributed by atoms with Crippen molar-refractivity contribution in [3.63, 3.8) is 0 Å². The van der Waals surface area contributed by atoms with Crippen molar-refractivity contribution in [1.82, 2.24) is 14.5 Å². The maximum atomic E-state index is 13.1. The molecular formula is C18H28FN3O4S. The van der Waals surface area contributed by atoms with E-state index in [1.807, 2.05) is 13.8 Å². The van der Waals surface area contributed by atoms with Crippen LogP contribution in [-0.4, -0.2) is 61.9 Å². The van der Waals surface area contributed by atoms with Gasteiger partial charge in [0.1, 0.15) is 11.9 Å². The Hall–Kier alpha value is -2.00. The summed E-state index contributed by atoms with van der Waals surface area (Å²) >= 11 is 0. The molecule has 2 amide bonds. The second kappa shape index (κ2) is 9.80. The Morgan fingerprint density at radius 1 is 1.15 bits per heavy atom. The lowest BCUT2D eigenvalue weighted by atomic mass is 10.1. The predicted octanol–water partition coefficient (Wildman–Crippen LogP) is 1.21. The summed E-state index contributed by atoms with van der Waals surface area (Å²) in [4.78, 5) is 26.4. The van der Waals surface area contributed by atoms with E-state index in [0.29, 0.717) is 12.1 Å². The van der Waals surface area contributed by atoms with Crippen LogP contribution < -0.4 is 5.32 Å². The van der Waals surface area contributed by atoms with Crippen LogP contribution in [0.4, 0.5) is 4.39 Å². The number of amides is 2. The number of benzene rings is 1. The molecule has 7 nitrogen and oxygen atoms in total. The molecule has 0 spiro atoms. The quantitative estimate of drug-likeness (QED) is 0.674. The van der Waals surface area contributed by atoms with Crippen molar-refractivity contribution in [2.45, 2.75) is 33.4 Å². The summed E-state index contributed by atoms with van der Waals surface area (Å²) in [7, 11) is -2.24. The molecule has 0 aliphatic rings. The highest BCUT2D eigenvalue weighted by Crippen LogP contribution is 2.12. The van der Waals surface area contributed by atoms with Crippen LogP contribution >= 0.6 is 0 Å². The van der Waals surface area contributed by atoms with Gasteiger partial charge in [0, 0.05) is 20.1 Å². The van der Waals surface area contributed by atoms with Gasteiger partial charge in [0.05, 0.1) is 12.8 Å². The lowest BCUT2D eigenvalue weighted by molar-refractivity contribution is -0.140. The molecule has 0 saturated carbocycles. The highest BCUT2D eigenvalue weighted by Gasteiger charge is 2.28. The number of sulfonamides is 1. The van der Waals surface area contributed by atoms with Crippen LogP contribution in [-0.2, 0) is 26.2 Å². The number of likely N-dealkylation sites (N-methyl/N-ethyl adjacent to an activating group) is 1.